The minimum Gasteiger partial charge on any atom is -0.298 e. The zero-order valence-corrected chi connectivity index (χ0v) is 9.79. The topological polar surface area (TPSA) is 30.3 Å². The van der Waals surface area contributed by atoms with E-state index in [0.29, 0.717) is 0 Å². The van der Waals surface area contributed by atoms with Crippen molar-refractivity contribution in [2.75, 3.05) is 32.7 Å². The van der Waals surface area contributed by atoms with Gasteiger partial charge in [-0.1, -0.05) is 6.42 Å². The summed E-state index contributed by atoms with van der Waals surface area (Å²) in [6.45, 7) is 5.31. The van der Waals surface area contributed by atoms with Gasteiger partial charge in [0, 0.05) is 32.2 Å². The minimum absolute atomic E-state index is 0.347. The van der Waals surface area contributed by atoms with E-state index in [0.717, 1.165) is 32.2 Å². The Balaban J connectivity index is 1.83. The summed E-state index contributed by atoms with van der Waals surface area (Å²) in [5.74, 6) is 0. The third-order valence-electron chi connectivity index (χ3n) is 3.48. The van der Waals surface area contributed by atoms with E-state index < -0.39 is 0 Å². The standard InChI is InChI=1S/C11H18ClN3/c12-10(7-13)8-14-5-6-15-4-2-1-3-11(15)9-14/h10-11H,1-6,8-9H2. The van der Waals surface area contributed by atoms with Crippen molar-refractivity contribution in [3.63, 3.8) is 0 Å². The summed E-state index contributed by atoms with van der Waals surface area (Å²) in [5.41, 5.74) is 0. The third kappa shape index (κ3) is 2.84. The molecule has 2 atom stereocenters. The van der Waals surface area contributed by atoms with Crippen molar-refractivity contribution >= 4 is 11.6 Å². The Labute approximate surface area is 96.6 Å². The van der Waals surface area contributed by atoms with E-state index in [9.17, 15) is 0 Å². The molecule has 0 amide bonds. The Kier molecular flexibility index (Phi) is 3.85. The highest BCUT2D eigenvalue weighted by atomic mass is 35.5. The summed E-state index contributed by atoms with van der Waals surface area (Å²) in [5, 5.41) is 8.33. The zero-order chi connectivity index (χ0) is 10.7. The predicted octanol–water partition coefficient (Wildman–Crippen LogP) is 1.29. The van der Waals surface area contributed by atoms with Crippen molar-refractivity contribution in [2.24, 2.45) is 0 Å². The fourth-order valence-corrected chi connectivity index (χ4v) is 2.85. The highest BCUT2D eigenvalue weighted by Crippen LogP contribution is 2.21. The van der Waals surface area contributed by atoms with Crippen LogP contribution in [0.25, 0.3) is 0 Å². The molecule has 3 nitrogen and oxygen atoms in total. The normalized spacial score (nSPS) is 30.5. The fourth-order valence-electron chi connectivity index (χ4n) is 2.65. The van der Waals surface area contributed by atoms with Gasteiger partial charge in [-0.25, -0.2) is 0 Å². The van der Waals surface area contributed by atoms with Crippen LogP contribution in [0.4, 0.5) is 0 Å². The second-order valence-corrected chi connectivity index (χ2v) is 5.07. The Morgan fingerprint density at radius 1 is 1.33 bits per heavy atom. The monoisotopic (exact) mass is 227 g/mol. The number of hydrogen-bond donors (Lipinski definition) is 0. The second-order valence-electron chi connectivity index (χ2n) is 4.54. The van der Waals surface area contributed by atoms with Crippen molar-refractivity contribution in [1.29, 1.82) is 5.26 Å². The van der Waals surface area contributed by atoms with Crippen LogP contribution in [-0.4, -0.2) is 53.9 Å². The lowest BCUT2D eigenvalue weighted by Crippen LogP contribution is -2.55. The van der Waals surface area contributed by atoms with Gasteiger partial charge < -0.3 is 0 Å². The number of alkyl halides is 1. The molecule has 2 fully saturated rings. The van der Waals surface area contributed by atoms with E-state index >= 15 is 0 Å². The smallest absolute Gasteiger partial charge is 0.133 e. The van der Waals surface area contributed by atoms with Crippen molar-refractivity contribution in [2.45, 2.75) is 30.7 Å². The van der Waals surface area contributed by atoms with Gasteiger partial charge in [-0.05, 0) is 19.4 Å². The van der Waals surface area contributed by atoms with Crippen LogP contribution in [0, 0.1) is 11.3 Å². The SMILES string of the molecule is N#CC(Cl)CN1CCN2CCCCC2C1. The van der Waals surface area contributed by atoms with Gasteiger partial charge >= 0.3 is 0 Å². The largest absolute Gasteiger partial charge is 0.298 e. The first-order valence-electron chi connectivity index (χ1n) is 5.79. The lowest BCUT2D eigenvalue weighted by Gasteiger charge is -2.44. The molecule has 4 heteroatoms. The number of hydrogen-bond acceptors (Lipinski definition) is 3. The average molecular weight is 228 g/mol. The van der Waals surface area contributed by atoms with Gasteiger partial charge in [0.2, 0.25) is 0 Å². The first-order chi connectivity index (χ1) is 7.29. The molecule has 2 aliphatic heterocycles. The fraction of sp³-hybridized carbons (Fsp3) is 0.909. The van der Waals surface area contributed by atoms with Gasteiger partial charge in [0.15, 0.2) is 0 Å². The van der Waals surface area contributed by atoms with Crippen LogP contribution >= 0.6 is 11.6 Å². The van der Waals surface area contributed by atoms with Crippen molar-refractivity contribution < 1.29 is 0 Å². The summed E-state index contributed by atoms with van der Waals surface area (Å²) in [7, 11) is 0. The Morgan fingerprint density at radius 2 is 2.20 bits per heavy atom. The maximum absolute atomic E-state index is 8.68. The Bertz CT molecular complexity index is 251. The van der Waals surface area contributed by atoms with E-state index in [1.54, 1.807) is 0 Å². The van der Waals surface area contributed by atoms with Crippen LogP contribution in [0.15, 0.2) is 0 Å². The number of fused-ring (bicyclic) bond motifs is 1. The molecule has 0 bridgehead atoms. The van der Waals surface area contributed by atoms with Gasteiger partial charge in [0.05, 0.1) is 6.07 Å². The van der Waals surface area contributed by atoms with Crippen LogP contribution in [0.3, 0.4) is 0 Å². The van der Waals surface area contributed by atoms with Gasteiger partial charge in [-0.2, -0.15) is 5.26 Å². The summed E-state index contributed by atoms with van der Waals surface area (Å²) in [6.07, 6.45) is 4.03. The number of halogens is 1. The first kappa shape index (κ1) is 11.2. The molecule has 2 rings (SSSR count). The number of piperidine rings is 1. The molecular formula is C11H18ClN3. The van der Waals surface area contributed by atoms with E-state index in [1.165, 1.54) is 25.8 Å². The molecule has 84 valence electrons. The van der Waals surface area contributed by atoms with Crippen LogP contribution in [0.1, 0.15) is 19.3 Å². The molecule has 0 aromatic carbocycles. The number of piperazine rings is 1. The summed E-state index contributed by atoms with van der Waals surface area (Å²) < 4.78 is 0. The Hall–Kier alpha value is -0.300. The van der Waals surface area contributed by atoms with E-state index in [1.807, 2.05) is 0 Å². The van der Waals surface area contributed by atoms with Crippen LogP contribution in [-0.2, 0) is 0 Å². The molecule has 2 unspecified atom stereocenters. The molecule has 2 saturated heterocycles. The number of nitrogens with zero attached hydrogens (tertiary/aromatic N) is 3. The maximum atomic E-state index is 8.68. The highest BCUT2D eigenvalue weighted by Gasteiger charge is 2.29. The summed E-state index contributed by atoms with van der Waals surface area (Å²) in [6, 6.07) is 2.81. The molecule has 0 aromatic rings. The predicted molar refractivity (Wildman–Crippen MR) is 60.9 cm³/mol. The average Bonchev–Trinajstić information content (AvgIpc) is 2.29. The van der Waals surface area contributed by atoms with Crippen molar-refractivity contribution in [3.05, 3.63) is 0 Å². The number of rotatable bonds is 2. The van der Waals surface area contributed by atoms with Crippen LogP contribution in [0.5, 0.6) is 0 Å². The lowest BCUT2D eigenvalue weighted by atomic mass is 9.99. The van der Waals surface area contributed by atoms with Gasteiger partial charge in [-0.15, -0.1) is 11.6 Å². The highest BCUT2D eigenvalue weighted by molar-refractivity contribution is 6.22. The molecule has 0 aromatic heterocycles. The molecule has 0 aliphatic carbocycles. The molecule has 15 heavy (non-hydrogen) atoms. The van der Waals surface area contributed by atoms with Gasteiger partial charge in [0.25, 0.3) is 0 Å². The van der Waals surface area contributed by atoms with Gasteiger partial charge in [0.1, 0.15) is 5.38 Å². The summed E-state index contributed by atoms with van der Waals surface area (Å²) >= 11 is 5.86. The van der Waals surface area contributed by atoms with Crippen LogP contribution in [0.2, 0.25) is 0 Å². The molecular weight excluding hydrogens is 210 g/mol. The third-order valence-corrected chi connectivity index (χ3v) is 3.72. The molecule has 0 radical (unpaired) electrons. The molecule has 2 heterocycles. The molecule has 0 spiro atoms. The van der Waals surface area contributed by atoms with Crippen molar-refractivity contribution in [1.82, 2.24) is 9.80 Å². The van der Waals surface area contributed by atoms with Gasteiger partial charge in [-0.3, -0.25) is 9.80 Å². The molecule has 0 N–H and O–H groups in total. The number of nitriles is 1. The lowest BCUT2D eigenvalue weighted by molar-refractivity contribution is 0.0509. The van der Waals surface area contributed by atoms with Crippen molar-refractivity contribution in [3.8, 4) is 6.07 Å². The molecule has 0 saturated carbocycles. The Morgan fingerprint density at radius 3 is 3.00 bits per heavy atom. The second kappa shape index (κ2) is 5.16. The minimum atomic E-state index is -0.347. The van der Waals surface area contributed by atoms with Crippen LogP contribution < -0.4 is 0 Å². The van der Waals surface area contributed by atoms with E-state index in [2.05, 4.69) is 15.9 Å². The molecule has 2 aliphatic rings. The summed E-state index contributed by atoms with van der Waals surface area (Å²) in [4.78, 5) is 4.93. The van der Waals surface area contributed by atoms with E-state index in [4.69, 9.17) is 16.9 Å². The zero-order valence-electron chi connectivity index (χ0n) is 9.03. The van der Waals surface area contributed by atoms with E-state index in [-0.39, 0.29) is 5.38 Å². The first-order valence-corrected chi connectivity index (χ1v) is 6.23. The maximum Gasteiger partial charge on any atom is 0.133 e. The quantitative estimate of drug-likeness (QED) is 0.666.